The van der Waals surface area contributed by atoms with E-state index in [0.29, 0.717) is 19.0 Å². The van der Waals surface area contributed by atoms with E-state index in [1.807, 2.05) is 12.1 Å². The first-order chi connectivity index (χ1) is 9.05. The molecular formula is C14H18N2O2S. The van der Waals surface area contributed by atoms with Crippen LogP contribution in [0.25, 0.3) is 10.9 Å². The minimum absolute atomic E-state index is 0.453. The number of fused-ring (bicyclic) bond motifs is 1. The van der Waals surface area contributed by atoms with Crippen molar-refractivity contribution in [3.8, 4) is 0 Å². The second-order valence-electron chi connectivity index (χ2n) is 5.23. The van der Waals surface area contributed by atoms with Gasteiger partial charge in [0.15, 0.2) is 0 Å². The lowest BCUT2D eigenvalue weighted by molar-refractivity contribution is 0.322. The van der Waals surface area contributed by atoms with Gasteiger partial charge in [0.1, 0.15) is 0 Å². The quantitative estimate of drug-likeness (QED) is 0.916. The van der Waals surface area contributed by atoms with Gasteiger partial charge in [0.05, 0.1) is 6.26 Å². The molecule has 0 unspecified atom stereocenters. The molecule has 0 saturated carbocycles. The number of nitrogens with zero attached hydrogens (tertiary/aromatic N) is 1. The van der Waals surface area contributed by atoms with Crippen LogP contribution in [0.15, 0.2) is 30.5 Å². The van der Waals surface area contributed by atoms with Gasteiger partial charge in [-0.1, -0.05) is 18.2 Å². The fourth-order valence-electron chi connectivity index (χ4n) is 2.93. The Bertz CT molecular complexity index is 682. The molecule has 1 aliphatic heterocycles. The molecule has 3 rings (SSSR count). The normalized spacial score (nSPS) is 19.0. The van der Waals surface area contributed by atoms with Crippen molar-refractivity contribution < 1.29 is 8.42 Å². The number of H-pyrrole nitrogens is 1. The zero-order valence-electron chi connectivity index (χ0n) is 11.0. The number of sulfonamides is 1. The van der Waals surface area contributed by atoms with Gasteiger partial charge in [-0.05, 0) is 30.4 Å². The molecule has 1 aromatic carbocycles. The third-order valence-electron chi connectivity index (χ3n) is 3.98. The third-order valence-corrected chi connectivity index (χ3v) is 5.29. The Labute approximate surface area is 113 Å². The molecule has 1 aliphatic rings. The molecule has 1 fully saturated rings. The van der Waals surface area contributed by atoms with E-state index in [1.165, 1.54) is 17.2 Å². The van der Waals surface area contributed by atoms with Crippen LogP contribution < -0.4 is 0 Å². The van der Waals surface area contributed by atoms with Gasteiger partial charge in [-0.25, -0.2) is 12.7 Å². The van der Waals surface area contributed by atoms with Crippen LogP contribution in [0, 0.1) is 0 Å². The van der Waals surface area contributed by atoms with E-state index in [-0.39, 0.29) is 0 Å². The Morgan fingerprint density at radius 3 is 2.58 bits per heavy atom. The Kier molecular flexibility index (Phi) is 3.11. The van der Waals surface area contributed by atoms with Crippen molar-refractivity contribution in [3.63, 3.8) is 0 Å². The lowest BCUT2D eigenvalue weighted by Crippen LogP contribution is -2.37. The summed E-state index contributed by atoms with van der Waals surface area (Å²) in [4.78, 5) is 3.30. The molecule has 1 aromatic heterocycles. The third kappa shape index (κ3) is 2.40. The molecule has 5 heteroatoms. The van der Waals surface area contributed by atoms with Crippen LogP contribution in [-0.2, 0) is 10.0 Å². The standard InChI is InChI=1S/C14H18N2O2S/c1-19(17,18)16-8-6-11(7-9-16)13-10-15-14-5-3-2-4-12(13)14/h2-5,10-11,15H,6-9H2,1H3. The highest BCUT2D eigenvalue weighted by molar-refractivity contribution is 7.88. The van der Waals surface area contributed by atoms with Gasteiger partial charge < -0.3 is 4.98 Å². The highest BCUT2D eigenvalue weighted by atomic mass is 32.2. The number of rotatable bonds is 2. The summed E-state index contributed by atoms with van der Waals surface area (Å²) in [6, 6.07) is 8.27. The van der Waals surface area contributed by atoms with E-state index in [4.69, 9.17) is 0 Å². The molecule has 19 heavy (non-hydrogen) atoms. The largest absolute Gasteiger partial charge is 0.361 e. The minimum atomic E-state index is -3.04. The SMILES string of the molecule is CS(=O)(=O)N1CCC(c2c[nH]c3ccccc23)CC1. The fraction of sp³-hybridized carbons (Fsp3) is 0.429. The molecule has 1 saturated heterocycles. The monoisotopic (exact) mass is 278 g/mol. The maximum absolute atomic E-state index is 11.5. The predicted octanol–water partition coefficient (Wildman–Crippen LogP) is 2.31. The average Bonchev–Trinajstić information content (AvgIpc) is 2.82. The van der Waals surface area contributed by atoms with Crippen molar-refractivity contribution in [2.24, 2.45) is 0 Å². The van der Waals surface area contributed by atoms with Gasteiger partial charge in [-0.3, -0.25) is 0 Å². The number of nitrogens with one attached hydrogen (secondary N) is 1. The summed E-state index contributed by atoms with van der Waals surface area (Å²) < 4.78 is 24.6. The molecule has 0 aliphatic carbocycles. The van der Waals surface area contributed by atoms with Gasteiger partial charge >= 0.3 is 0 Å². The Morgan fingerprint density at radius 2 is 1.89 bits per heavy atom. The van der Waals surface area contributed by atoms with Gasteiger partial charge in [0.2, 0.25) is 10.0 Å². The lowest BCUT2D eigenvalue weighted by Gasteiger charge is -2.30. The molecular weight excluding hydrogens is 260 g/mol. The van der Waals surface area contributed by atoms with Gasteiger partial charge in [-0.2, -0.15) is 0 Å². The highest BCUT2D eigenvalue weighted by Crippen LogP contribution is 2.33. The number of para-hydroxylation sites is 1. The molecule has 1 N–H and O–H groups in total. The van der Waals surface area contributed by atoms with Crippen molar-refractivity contribution in [3.05, 3.63) is 36.0 Å². The van der Waals surface area contributed by atoms with Crippen LogP contribution >= 0.6 is 0 Å². The topological polar surface area (TPSA) is 53.2 Å². The second kappa shape index (κ2) is 4.65. The van der Waals surface area contributed by atoms with Crippen molar-refractivity contribution in [2.45, 2.75) is 18.8 Å². The molecule has 0 atom stereocenters. The maximum atomic E-state index is 11.5. The number of piperidine rings is 1. The van der Waals surface area contributed by atoms with E-state index in [1.54, 1.807) is 4.31 Å². The predicted molar refractivity (Wildman–Crippen MR) is 76.7 cm³/mol. The fourth-order valence-corrected chi connectivity index (χ4v) is 3.80. The first-order valence-electron chi connectivity index (χ1n) is 6.57. The molecule has 0 spiro atoms. The van der Waals surface area contributed by atoms with E-state index in [9.17, 15) is 8.42 Å². The van der Waals surface area contributed by atoms with E-state index in [2.05, 4.69) is 23.3 Å². The first-order valence-corrected chi connectivity index (χ1v) is 8.41. The van der Waals surface area contributed by atoms with Crippen LogP contribution in [0.1, 0.15) is 24.3 Å². The van der Waals surface area contributed by atoms with Crippen LogP contribution in [0.5, 0.6) is 0 Å². The molecule has 0 amide bonds. The first kappa shape index (κ1) is 12.7. The van der Waals surface area contributed by atoms with E-state index < -0.39 is 10.0 Å². The van der Waals surface area contributed by atoms with Gasteiger partial charge in [-0.15, -0.1) is 0 Å². The number of benzene rings is 1. The van der Waals surface area contributed by atoms with Crippen LogP contribution in [-0.4, -0.2) is 37.1 Å². The highest BCUT2D eigenvalue weighted by Gasteiger charge is 2.26. The number of hydrogen-bond donors (Lipinski definition) is 1. The van der Waals surface area contributed by atoms with Crippen molar-refractivity contribution in [2.75, 3.05) is 19.3 Å². The number of hydrogen-bond acceptors (Lipinski definition) is 2. The van der Waals surface area contributed by atoms with Crippen LogP contribution in [0.4, 0.5) is 0 Å². The maximum Gasteiger partial charge on any atom is 0.211 e. The summed E-state index contributed by atoms with van der Waals surface area (Å²) >= 11 is 0. The zero-order valence-corrected chi connectivity index (χ0v) is 11.8. The van der Waals surface area contributed by atoms with Crippen LogP contribution in [0.3, 0.4) is 0 Å². The Morgan fingerprint density at radius 1 is 1.21 bits per heavy atom. The zero-order chi connectivity index (χ0) is 13.5. The molecule has 0 radical (unpaired) electrons. The smallest absolute Gasteiger partial charge is 0.211 e. The summed E-state index contributed by atoms with van der Waals surface area (Å²) in [5.74, 6) is 0.453. The summed E-state index contributed by atoms with van der Waals surface area (Å²) in [6.07, 6.45) is 5.16. The average molecular weight is 278 g/mol. The van der Waals surface area contributed by atoms with Crippen LogP contribution in [0.2, 0.25) is 0 Å². The second-order valence-corrected chi connectivity index (χ2v) is 7.21. The van der Waals surface area contributed by atoms with Crippen molar-refractivity contribution in [1.82, 2.24) is 9.29 Å². The molecule has 0 bridgehead atoms. The summed E-state index contributed by atoms with van der Waals surface area (Å²) in [6.45, 7) is 1.26. The molecule has 2 heterocycles. The molecule has 2 aromatic rings. The summed E-state index contributed by atoms with van der Waals surface area (Å²) in [7, 11) is -3.04. The number of aromatic amines is 1. The lowest BCUT2D eigenvalue weighted by atomic mass is 9.90. The summed E-state index contributed by atoms with van der Waals surface area (Å²) in [5, 5.41) is 1.26. The minimum Gasteiger partial charge on any atom is -0.361 e. The van der Waals surface area contributed by atoms with E-state index in [0.717, 1.165) is 18.4 Å². The van der Waals surface area contributed by atoms with E-state index >= 15 is 0 Å². The van der Waals surface area contributed by atoms with Crippen molar-refractivity contribution >= 4 is 20.9 Å². The Balaban J connectivity index is 1.82. The Hall–Kier alpha value is -1.33. The number of aromatic nitrogens is 1. The molecule has 102 valence electrons. The van der Waals surface area contributed by atoms with Gasteiger partial charge in [0.25, 0.3) is 0 Å². The van der Waals surface area contributed by atoms with Gasteiger partial charge in [0, 0.05) is 30.2 Å². The summed E-state index contributed by atoms with van der Waals surface area (Å²) in [5.41, 5.74) is 2.48. The van der Waals surface area contributed by atoms with Crippen molar-refractivity contribution in [1.29, 1.82) is 0 Å². The molecule has 4 nitrogen and oxygen atoms in total.